The van der Waals surface area contributed by atoms with Gasteiger partial charge in [0, 0.05) is 19.2 Å². The Kier molecular flexibility index (Phi) is 4.40. The van der Waals surface area contributed by atoms with Gasteiger partial charge in [0.1, 0.15) is 11.6 Å². The van der Waals surface area contributed by atoms with Crippen molar-refractivity contribution >= 4 is 5.91 Å². The highest BCUT2D eigenvalue weighted by Crippen LogP contribution is 2.24. The summed E-state index contributed by atoms with van der Waals surface area (Å²) < 4.78 is 18.8. The summed E-state index contributed by atoms with van der Waals surface area (Å²) in [6.45, 7) is 0. The second-order valence-electron chi connectivity index (χ2n) is 5.05. The van der Waals surface area contributed by atoms with Crippen LogP contribution in [0.5, 0.6) is 5.75 Å². The molecule has 0 radical (unpaired) electrons. The van der Waals surface area contributed by atoms with Gasteiger partial charge < -0.3 is 9.64 Å². The number of carbonyl (C=O) groups excluding carboxylic acids is 1. The number of methoxy groups -OCH3 is 1. The molecule has 0 spiro atoms. The molecule has 0 atom stereocenters. The highest BCUT2D eigenvalue weighted by Gasteiger charge is 2.24. The van der Waals surface area contributed by atoms with Crippen molar-refractivity contribution in [3.8, 4) is 5.75 Å². The summed E-state index contributed by atoms with van der Waals surface area (Å²) >= 11 is 0. The quantitative estimate of drug-likeness (QED) is 0.839. The Hall–Kier alpha value is -1.58. The molecule has 4 heteroatoms. The molecule has 0 aromatic heterocycles. The molecule has 19 heavy (non-hydrogen) atoms. The molecule has 2 rings (SSSR count). The lowest BCUT2D eigenvalue weighted by Crippen LogP contribution is -2.38. The van der Waals surface area contributed by atoms with Crippen LogP contribution in [-0.2, 0) is 0 Å². The van der Waals surface area contributed by atoms with Gasteiger partial charge in [-0.3, -0.25) is 4.79 Å². The van der Waals surface area contributed by atoms with Gasteiger partial charge in [0.25, 0.3) is 5.91 Å². The van der Waals surface area contributed by atoms with Crippen molar-refractivity contribution in [1.82, 2.24) is 4.90 Å². The number of hydrogen-bond acceptors (Lipinski definition) is 2. The van der Waals surface area contributed by atoms with Crippen LogP contribution >= 0.6 is 0 Å². The fourth-order valence-electron chi connectivity index (χ4n) is 2.62. The van der Waals surface area contributed by atoms with Gasteiger partial charge in [0.15, 0.2) is 0 Å². The molecule has 1 amide bonds. The SMILES string of the molecule is COc1ccc(C(=O)N(C)C2CCCCC2)c(F)c1. The number of carbonyl (C=O) groups is 1. The second kappa shape index (κ2) is 6.04. The molecule has 1 saturated carbocycles. The van der Waals surface area contributed by atoms with Crippen LogP contribution in [-0.4, -0.2) is 31.0 Å². The minimum absolute atomic E-state index is 0.119. The highest BCUT2D eigenvalue weighted by molar-refractivity contribution is 5.94. The molecule has 104 valence electrons. The molecule has 1 fully saturated rings. The predicted molar refractivity (Wildman–Crippen MR) is 71.9 cm³/mol. The van der Waals surface area contributed by atoms with Crippen molar-refractivity contribution in [2.24, 2.45) is 0 Å². The Balaban J connectivity index is 2.14. The number of amides is 1. The first-order chi connectivity index (χ1) is 9.13. The van der Waals surface area contributed by atoms with Crippen molar-refractivity contribution in [3.63, 3.8) is 0 Å². The number of nitrogens with zero attached hydrogens (tertiary/aromatic N) is 1. The fraction of sp³-hybridized carbons (Fsp3) is 0.533. The maximum absolute atomic E-state index is 13.9. The minimum Gasteiger partial charge on any atom is -0.497 e. The van der Waals surface area contributed by atoms with Gasteiger partial charge in [0.2, 0.25) is 0 Å². The van der Waals surface area contributed by atoms with Gasteiger partial charge in [-0.1, -0.05) is 19.3 Å². The number of hydrogen-bond donors (Lipinski definition) is 0. The average Bonchev–Trinajstić information content (AvgIpc) is 2.46. The van der Waals surface area contributed by atoms with E-state index in [1.165, 1.54) is 25.7 Å². The van der Waals surface area contributed by atoms with Gasteiger partial charge in [0.05, 0.1) is 12.7 Å². The summed E-state index contributed by atoms with van der Waals surface area (Å²) in [5, 5.41) is 0. The molecular formula is C15H20FNO2. The van der Waals surface area contributed by atoms with Gasteiger partial charge in [-0.05, 0) is 25.0 Å². The first kappa shape index (κ1) is 13.8. The molecule has 1 aromatic carbocycles. The monoisotopic (exact) mass is 265 g/mol. The third-order valence-corrected chi connectivity index (χ3v) is 3.85. The first-order valence-corrected chi connectivity index (χ1v) is 6.74. The molecular weight excluding hydrogens is 245 g/mol. The smallest absolute Gasteiger partial charge is 0.256 e. The van der Waals surface area contributed by atoms with Crippen molar-refractivity contribution in [2.75, 3.05) is 14.2 Å². The molecule has 0 bridgehead atoms. The summed E-state index contributed by atoms with van der Waals surface area (Å²) in [5.74, 6) is -0.339. The van der Waals surface area contributed by atoms with Crippen LogP contribution in [0.4, 0.5) is 4.39 Å². The van der Waals surface area contributed by atoms with E-state index in [1.54, 1.807) is 18.0 Å². The average molecular weight is 265 g/mol. The van der Waals surface area contributed by atoms with E-state index in [2.05, 4.69) is 0 Å². The van der Waals surface area contributed by atoms with Crippen molar-refractivity contribution in [2.45, 2.75) is 38.1 Å². The molecule has 0 aliphatic heterocycles. The van der Waals surface area contributed by atoms with Gasteiger partial charge in [-0.2, -0.15) is 0 Å². The molecule has 1 aliphatic rings. The van der Waals surface area contributed by atoms with E-state index in [9.17, 15) is 9.18 Å². The maximum atomic E-state index is 13.9. The Labute approximate surface area is 113 Å². The van der Waals surface area contributed by atoms with Gasteiger partial charge in [-0.15, -0.1) is 0 Å². The van der Waals surface area contributed by atoms with E-state index in [0.717, 1.165) is 25.7 Å². The standard InChI is InChI=1S/C15H20FNO2/c1-17(11-6-4-3-5-7-11)15(18)13-9-8-12(19-2)10-14(13)16/h8-11H,3-7H2,1-2H3. The van der Waals surface area contributed by atoms with E-state index < -0.39 is 5.82 Å². The molecule has 0 heterocycles. The third-order valence-electron chi connectivity index (χ3n) is 3.85. The number of benzene rings is 1. The molecule has 3 nitrogen and oxygen atoms in total. The van der Waals surface area contributed by atoms with Crippen LogP contribution in [0.15, 0.2) is 18.2 Å². The minimum atomic E-state index is -0.521. The van der Waals surface area contributed by atoms with Crippen LogP contribution in [0.2, 0.25) is 0 Å². The number of rotatable bonds is 3. The van der Waals surface area contributed by atoms with E-state index in [1.807, 2.05) is 0 Å². The van der Waals surface area contributed by atoms with Crippen molar-refractivity contribution in [3.05, 3.63) is 29.6 Å². The predicted octanol–water partition coefficient (Wildman–Crippen LogP) is 3.24. The molecule has 0 N–H and O–H groups in total. The Morgan fingerprint density at radius 2 is 2.00 bits per heavy atom. The fourth-order valence-corrected chi connectivity index (χ4v) is 2.62. The number of ether oxygens (including phenoxy) is 1. The van der Waals surface area contributed by atoms with Crippen LogP contribution < -0.4 is 4.74 Å². The zero-order chi connectivity index (χ0) is 13.8. The summed E-state index contributed by atoms with van der Waals surface area (Å²) in [5.41, 5.74) is 0.119. The summed E-state index contributed by atoms with van der Waals surface area (Å²) in [4.78, 5) is 14.0. The first-order valence-electron chi connectivity index (χ1n) is 6.74. The largest absolute Gasteiger partial charge is 0.497 e. The lowest BCUT2D eigenvalue weighted by molar-refractivity contribution is 0.0691. The molecule has 0 saturated heterocycles. The van der Waals surface area contributed by atoms with Crippen LogP contribution in [0, 0.1) is 5.82 Å². The van der Waals surface area contributed by atoms with E-state index in [-0.39, 0.29) is 17.5 Å². The molecule has 0 unspecified atom stereocenters. The van der Waals surface area contributed by atoms with Crippen LogP contribution in [0.25, 0.3) is 0 Å². The molecule has 1 aliphatic carbocycles. The normalized spacial score (nSPS) is 16.2. The lowest BCUT2D eigenvalue weighted by Gasteiger charge is -2.31. The highest BCUT2D eigenvalue weighted by atomic mass is 19.1. The van der Waals surface area contributed by atoms with Crippen molar-refractivity contribution in [1.29, 1.82) is 0 Å². The summed E-state index contributed by atoms with van der Waals surface area (Å²) in [6, 6.07) is 4.60. The topological polar surface area (TPSA) is 29.5 Å². The van der Waals surface area contributed by atoms with Crippen molar-refractivity contribution < 1.29 is 13.9 Å². The lowest BCUT2D eigenvalue weighted by atomic mass is 9.94. The van der Waals surface area contributed by atoms with E-state index in [4.69, 9.17) is 4.74 Å². The molecule has 1 aromatic rings. The summed E-state index contributed by atoms with van der Waals surface area (Å²) in [6.07, 6.45) is 5.55. The van der Waals surface area contributed by atoms with Gasteiger partial charge >= 0.3 is 0 Å². The van der Waals surface area contributed by atoms with Gasteiger partial charge in [-0.25, -0.2) is 4.39 Å². The van der Waals surface area contributed by atoms with E-state index >= 15 is 0 Å². The van der Waals surface area contributed by atoms with Crippen LogP contribution in [0.1, 0.15) is 42.5 Å². The Bertz CT molecular complexity index is 455. The second-order valence-corrected chi connectivity index (χ2v) is 5.05. The third kappa shape index (κ3) is 3.06. The Morgan fingerprint density at radius 1 is 1.32 bits per heavy atom. The zero-order valence-electron chi connectivity index (χ0n) is 11.5. The summed E-state index contributed by atoms with van der Waals surface area (Å²) in [7, 11) is 3.24. The zero-order valence-corrected chi connectivity index (χ0v) is 11.5. The van der Waals surface area contributed by atoms with E-state index in [0.29, 0.717) is 5.75 Å². The number of halogens is 1. The maximum Gasteiger partial charge on any atom is 0.256 e. The Morgan fingerprint density at radius 3 is 2.58 bits per heavy atom. The van der Waals surface area contributed by atoms with Crippen LogP contribution in [0.3, 0.4) is 0 Å².